The van der Waals surface area contributed by atoms with E-state index in [9.17, 15) is 4.79 Å². The second-order valence-electron chi connectivity index (χ2n) is 5.96. The Morgan fingerprint density at radius 2 is 2.00 bits per heavy atom. The van der Waals surface area contributed by atoms with Gasteiger partial charge in [0.2, 0.25) is 17.6 Å². The molecule has 130 valence electrons. The molecule has 0 aliphatic carbocycles. The molecule has 0 saturated carbocycles. The van der Waals surface area contributed by atoms with E-state index in [1.807, 2.05) is 49.4 Å². The van der Waals surface area contributed by atoms with Crippen LogP contribution in [-0.2, 0) is 17.6 Å². The van der Waals surface area contributed by atoms with Crippen molar-refractivity contribution in [1.29, 1.82) is 0 Å². The lowest BCUT2D eigenvalue weighted by Crippen LogP contribution is -2.33. The predicted octanol–water partition coefficient (Wildman–Crippen LogP) is 3.40. The summed E-state index contributed by atoms with van der Waals surface area (Å²) in [6.07, 6.45) is 4.04. The number of amides is 1. The van der Waals surface area contributed by atoms with E-state index in [1.165, 1.54) is 0 Å². The maximum absolute atomic E-state index is 12.0. The number of carbonyl (C=O) groups is 1. The molecule has 0 aliphatic rings. The normalized spacial score (nSPS) is 12.0. The molecular weight excluding hydrogens is 318 g/mol. The molecule has 0 radical (unpaired) electrons. The van der Waals surface area contributed by atoms with Gasteiger partial charge in [-0.15, -0.1) is 0 Å². The number of aromatic nitrogens is 2. The van der Waals surface area contributed by atoms with Crippen LogP contribution in [0.1, 0.15) is 31.4 Å². The minimum absolute atomic E-state index is 0.0218. The highest BCUT2D eigenvalue weighted by molar-refractivity contribution is 5.76. The van der Waals surface area contributed by atoms with Gasteiger partial charge in [-0.3, -0.25) is 4.79 Å². The largest absolute Gasteiger partial charge is 0.469 e. The van der Waals surface area contributed by atoms with Gasteiger partial charge in [0.1, 0.15) is 5.76 Å². The number of nitrogens with zero attached hydrogens (tertiary/aromatic N) is 2. The smallest absolute Gasteiger partial charge is 0.227 e. The summed E-state index contributed by atoms with van der Waals surface area (Å²) in [6, 6.07) is 13.5. The summed E-state index contributed by atoms with van der Waals surface area (Å²) in [5, 5.41) is 6.94. The van der Waals surface area contributed by atoms with Gasteiger partial charge in [-0.25, -0.2) is 0 Å². The Bertz CT molecular complexity index is 781. The zero-order valence-electron chi connectivity index (χ0n) is 14.1. The summed E-state index contributed by atoms with van der Waals surface area (Å²) in [5.74, 6) is 1.92. The maximum Gasteiger partial charge on any atom is 0.227 e. The maximum atomic E-state index is 12.0. The number of benzene rings is 1. The number of hydrogen-bond donors (Lipinski definition) is 1. The Balaban J connectivity index is 1.42. The quantitative estimate of drug-likeness (QED) is 0.680. The SMILES string of the molecule is CC(CCc1ccco1)NC(=O)CCc1nc(-c2ccccc2)no1. The minimum atomic E-state index is -0.0218. The van der Waals surface area contributed by atoms with Crippen LogP contribution < -0.4 is 5.32 Å². The predicted molar refractivity (Wildman–Crippen MR) is 92.7 cm³/mol. The first-order valence-electron chi connectivity index (χ1n) is 8.40. The van der Waals surface area contributed by atoms with E-state index in [4.69, 9.17) is 8.94 Å². The third-order valence-corrected chi connectivity index (χ3v) is 3.88. The molecule has 0 fully saturated rings. The molecule has 3 rings (SSSR count). The number of nitrogens with one attached hydrogen (secondary N) is 1. The van der Waals surface area contributed by atoms with Crippen LogP contribution in [0.15, 0.2) is 57.7 Å². The lowest BCUT2D eigenvalue weighted by atomic mass is 10.1. The van der Waals surface area contributed by atoms with E-state index in [0.717, 1.165) is 24.2 Å². The third kappa shape index (κ3) is 5.04. The Labute approximate surface area is 146 Å². The van der Waals surface area contributed by atoms with Crippen molar-refractivity contribution in [2.45, 2.75) is 38.6 Å². The second-order valence-corrected chi connectivity index (χ2v) is 5.96. The average Bonchev–Trinajstić information content (AvgIpc) is 3.31. The van der Waals surface area contributed by atoms with Gasteiger partial charge < -0.3 is 14.3 Å². The molecule has 25 heavy (non-hydrogen) atoms. The summed E-state index contributed by atoms with van der Waals surface area (Å²) in [7, 11) is 0. The average molecular weight is 339 g/mol. The lowest BCUT2D eigenvalue weighted by molar-refractivity contribution is -0.121. The van der Waals surface area contributed by atoms with E-state index in [2.05, 4.69) is 15.5 Å². The van der Waals surface area contributed by atoms with Gasteiger partial charge in [0.05, 0.1) is 6.26 Å². The van der Waals surface area contributed by atoms with Crippen molar-refractivity contribution in [2.75, 3.05) is 0 Å². The highest BCUT2D eigenvalue weighted by atomic mass is 16.5. The number of hydrogen-bond acceptors (Lipinski definition) is 5. The minimum Gasteiger partial charge on any atom is -0.469 e. The van der Waals surface area contributed by atoms with Gasteiger partial charge >= 0.3 is 0 Å². The van der Waals surface area contributed by atoms with Crippen LogP contribution in [0.2, 0.25) is 0 Å². The van der Waals surface area contributed by atoms with Crippen LogP contribution in [0, 0.1) is 0 Å². The molecule has 0 saturated heterocycles. The van der Waals surface area contributed by atoms with Crippen molar-refractivity contribution in [1.82, 2.24) is 15.5 Å². The van der Waals surface area contributed by atoms with Gasteiger partial charge in [0.15, 0.2) is 0 Å². The molecule has 1 unspecified atom stereocenters. The fourth-order valence-electron chi connectivity index (χ4n) is 2.51. The molecule has 6 nitrogen and oxygen atoms in total. The fraction of sp³-hybridized carbons (Fsp3) is 0.316. The van der Waals surface area contributed by atoms with Crippen molar-refractivity contribution < 1.29 is 13.7 Å². The standard InChI is InChI=1S/C19H21N3O3/c1-14(9-10-16-8-5-13-24-16)20-17(23)11-12-18-21-19(22-25-18)15-6-3-2-4-7-15/h2-8,13-14H,9-12H2,1H3,(H,20,23). The van der Waals surface area contributed by atoms with Crippen molar-refractivity contribution in [2.24, 2.45) is 0 Å². The first kappa shape index (κ1) is 17.0. The van der Waals surface area contributed by atoms with E-state index >= 15 is 0 Å². The van der Waals surface area contributed by atoms with Gasteiger partial charge in [-0.05, 0) is 25.5 Å². The van der Waals surface area contributed by atoms with E-state index in [-0.39, 0.29) is 11.9 Å². The fourth-order valence-corrected chi connectivity index (χ4v) is 2.51. The molecule has 6 heteroatoms. The Kier molecular flexibility index (Phi) is 5.61. The summed E-state index contributed by atoms with van der Waals surface area (Å²) in [5.41, 5.74) is 0.897. The molecule has 2 heterocycles. The highest BCUT2D eigenvalue weighted by Gasteiger charge is 2.12. The molecule has 0 spiro atoms. The van der Waals surface area contributed by atoms with Crippen molar-refractivity contribution in [3.8, 4) is 11.4 Å². The Morgan fingerprint density at radius 3 is 2.76 bits per heavy atom. The van der Waals surface area contributed by atoms with Gasteiger partial charge in [-0.2, -0.15) is 4.98 Å². The summed E-state index contributed by atoms with van der Waals surface area (Å²) < 4.78 is 10.5. The van der Waals surface area contributed by atoms with Crippen molar-refractivity contribution >= 4 is 5.91 Å². The van der Waals surface area contributed by atoms with Gasteiger partial charge in [0, 0.05) is 30.9 Å². The zero-order valence-corrected chi connectivity index (χ0v) is 14.1. The monoisotopic (exact) mass is 339 g/mol. The topological polar surface area (TPSA) is 81.2 Å². The summed E-state index contributed by atoms with van der Waals surface area (Å²) >= 11 is 0. The third-order valence-electron chi connectivity index (χ3n) is 3.88. The molecule has 2 aromatic heterocycles. The van der Waals surface area contributed by atoms with E-state index in [1.54, 1.807) is 6.26 Å². The van der Waals surface area contributed by atoms with Crippen LogP contribution in [-0.4, -0.2) is 22.1 Å². The molecule has 1 amide bonds. The number of aryl methyl sites for hydroxylation is 2. The molecular formula is C19H21N3O3. The Hall–Kier alpha value is -2.89. The first-order valence-corrected chi connectivity index (χ1v) is 8.40. The van der Waals surface area contributed by atoms with Gasteiger partial charge in [-0.1, -0.05) is 35.5 Å². The van der Waals surface area contributed by atoms with Crippen molar-refractivity contribution in [3.63, 3.8) is 0 Å². The molecule has 3 aromatic rings. The molecule has 0 aliphatic heterocycles. The number of rotatable bonds is 8. The van der Waals surface area contributed by atoms with Crippen molar-refractivity contribution in [3.05, 3.63) is 60.4 Å². The Morgan fingerprint density at radius 1 is 1.16 bits per heavy atom. The van der Waals surface area contributed by atoms with Crippen LogP contribution in [0.5, 0.6) is 0 Å². The number of furan rings is 1. The van der Waals surface area contributed by atoms with E-state index < -0.39 is 0 Å². The summed E-state index contributed by atoms with van der Waals surface area (Å²) in [6.45, 7) is 1.99. The highest BCUT2D eigenvalue weighted by Crippen LogP contribution is 2.15. The van der Waals surface area contributed by atoms with Crippen LogP contribution in [0.4, 0.5) is 0 Å². The van der Waals surface area contributed by atoms with Crippen LogP contribution >= 0.6 is 0 Å². The second kappa shape index (κ2) is 8.28. The van der Waals surface area contributed by atoms with E-state index in [0.29, 0.717) is 24.6 Å². The molecule has 0 bridgehead atoms. The molecule has 1 aromatic carbocycles. The zero-order chi connectivity index (χ0) is 17.5. The van der Waals surface area contributed by atoms with Gasteiger partial charge in [0.25, 0.3) is 0 Å². The molecule has 1 atom stereocenters. The van der Waals surface area contributed by atoms with Crippen LogP contribution in [0.25, 0.3) is 11.4 Å². The van der Waals surface area contributed by atoms with Crippen LogP contribution in [0.3, 0.4) is 0 Å². The first-order chi connectivity index (χ1) is 12.2. The molecule has 1 N–H and O–H groups in total. The lowest BCUT2D eigenvalue weighted by Gasteiger charge is -2.12. The number of carbonyl (C=O) groups excluding carboxylic acids is 1. The summed E-state index contributed by atoms with van der Waals surface area (Å²) in [4.78, 5) is 16.4.